The summed E-state index contributed by atoms with van der Waals surface area (Å²) in [6.07, 6.45) is 5.38. The molecule has 1 spiro atoms. The molecule has 0 bridgehead atoms. The summed E-state index contributed by atoms with van der Waals surface area (Å²) < 4.78 is 27.5. The van der Waals surface area contributed by atoms with Crippen LogP contribution in [0.1, 0.15) is 62.0 Å². The SMILES string of the molecule is O=C1CC2(CCN(C(=O)C3(c4ccc(F)cc4)CCCC3)CC2)[C@H](c2cccc(F)c2)CN1. The average Bonchev–Trinajstić information content (AvgIpc) is 3.31. The topological polar surface area (TPSA) is 49.4 Å². The van der Waals surface area contributed by atoms with E-state index in [-0.39, 0.29) is 34.8 Å². The molecule has 2 amide bonds. The van der Waals surface area contributed by atoms with Crippen molar-refractivity contribution in [3.05, 3.63) is 71.3 Å². The summed E-state index contributed by atoms with van der Waals surface area (Å²) in [5, 5.41) is 2.96. The molecule has 2 saturated heterocycles. The van der Waals surface area contributed by atoms with Gasteiger partial charge in [0.25, 0.3) is 0 Å². The van der Waals surface area contributed by atoms with Crippen molar-refractivity contribution in [1.82, 2.24) is 10.2 Å². The molecule has 174 valence electrons. The van der Waals surface area contributed by atoms with Crippen molar-refractivity contribution in [3.63, 3.8) is 0 Å². The first-order valence-electron chi connectivity index (χ1n) is 12.0. The summed E-state index contributed by atoms with van der Waals surface area (Å²) in [5.41, 5.74) is 0.963. The molecule has 2 aliphatic heterocycles. The minimum absolute atomic E-state index is 0.0284. The second-order valence-corrected chi connectivity index (χ2v) is 10.0. The Balaban J connectivity index is 1.38. The Hall–Kier alpha value is -2.76. The summed E-state index contributed by atoms with van der Waals surface area (Å²) in [4.78, 5) is 28.2. The molecule has 2 aromatic carbocycles. The van der Waals surface area contributed by atoms with Crippen molar-refractivity contribution >= 4 is 11.8 Å². The highest BCUT2D eigenvalue weighted by atomic mass is 19.1. The lowest BCUT2D eigenvalue weighted by Crippen LogP contribution is -2.55. The van der Waals surface area contributed by atoms with Crippen LogP contribution in [0.2, 0.25) is 0 Å². The van der Waals surface area contributed by atoms with E-state index in [9.17, 15) is 18.4 Å². The zero-order valence-electron chi connectivity index (χ0n) is 18.8. The maximum Gasteiger partial charge on any atom is 0.233 e. The number of carbonyl (C=O) groups is 2. The molecular formula is C27H30F2N2O2. The third-order valence-electron chi connectivity index (χ3n) is 8.32. The van der Waals surface area contributed by atoms with Crippen molar-refractivity contribution in [2.45, 2.75) is 56.3 Å². The Morgan fingerprint density at radius 3 is 2.30 bits per heavy atom. The molecule has 1 atom stereocenters. The minimum atomic E-state index is -0.579. The number of likely N-dealkylation sites (tertiary alicyclic amines) is 1. The zero-order valence-corrected chi connectivity index (χ0v) is 18.8. The predicted molar refractivity (Wildman–Crippen MR) is 122 cm³/mol. The van der Waals surface area contributed by atoms with Gasteiger partial charge in [0.1, 0.15) is 11.6 Å². The molecule has 2 aromatic rings. The number of hydrogen-bond donors (Lipinski definition) is 1. The van der Waals surface area contributed by atoms with Crippen molar-refractivity contribution in [1.29, 1.82) is 0 Å². The highest BCUT2D eigenvalue weighted by Crippen LogP contribution is 2.50. The van der Waals surface area contributed by atoms with Gasteiger partial charge in [-0.05, 0) is 66.5 Å². The Kier molecular flexibility index (Phi) is 5.71. The van der Waals surface area contributed by atoms with Crippen molar-refractivity contribution in [2.75, 3.05) is 19.6 Å². The Morgan fingerprint density at radius 2 is 1.64 bits per heavy atom. The normalized spacial score (nSPS) is 24.0. The number of benzene rings is 2. The second-order valence-electron chi connectivity index (χ2n) is 10.0. The number of halogens is 2. The van der Waals surface area contributed by atoms with Gasteiger partial charge in [0.05, 0.1) is 5.41 Å². The summed E-state index contributed by atoms with van der Waals surface area (Å²) in [7, 11) is 0. The number of rotatable bonds is 3. The van der Waals surface area contributed by atoms with Crippen LogP contribution in [0.4, 0.5) is 8.78 Å². The smallest absolute Gasteiger partial charge is 0.233 e. The molecule has 2 heterocycles. The van der Waals surface area contributed by atoms with Gasteiger partial charge in [0.2, 0.25) is 11.8 Å². The van der Waals surface area contributed by atoms with E-state index in [1.165, 1.54) is 18.2 Å². The number of amides is 2. The molecule has 1 aliphatic carbocycles. The van der Waals surface area contributed by atoms with Gasteiger partial charge < -0.3 is 10.2 Å². The molecule has 0 aromatic heterocycles. The fourth-order valence-electron chi connectivity index (χ4n) is 6.49. The number of hydrogen-bond acceptors (Lipinski definition) is 2. The highest BCUT2D eigenvalue weighted by molar-refractivity contribution is 5.89. The van der Waals surface area contributed by atoms with Crippen LogP contribution in [0.5, 0.6) is 0 Å². The molecule has 0 unspecified atom stereocenters. The summed E-state index contributed by atoms with van der Waals surface area (Å²) in [5.74, 6) is -0.376. The number of nitrogens with zero attached hydrogens (tertiary/aromatic N) is 1. The van der Waals surface area contributed by atoms with Crippen LogP contribution in [0.15, 0.2) is 48.5 Å². The predicted octanol–water partition coefficient (Wildman–Crippen LogP) is 4.69. The van der Waals surface area contributed by atoms with E-state index in [2.05, 4.69) is 5.32 Å². The maximum absolute atomic E-state index is 14.0. The Labute approximate surface area is 193 Å². The number of carbonyl (C=O) groups excluding carboxylic acids is 2. The number of piperidine rings is 2. The van der Waals surface area contributed by atoms with E-state index in [1.54, 1.807) is 24.3 Å². The van der Waals surface area contributed by atoms with Crippen molar-refractivity contribution < 1.29 is 18.4 Å². The van der Waals surface area contributed by atoms with Crippen LogP contribution in [-0.2, 0) is 15.0 Å². The minimum Gasteiger partial charge on any atom is -0.355 e. The first-order valence-corrected chi connectivity index (χ1v) is 12.0. The van der Waals surface area contributed by atoms with Gasteiger partial charge in [-0.2, -0.15) is 0 Å². The van der Waals surface area contributed by atoms with Crippen LogP contribution in [0, 0.1) is 17.0 Å². The lowest BCUT2D eigenvalue weighted by atomic mass is 9.62. The van der Waals surface area contributed by atoms with Gasteiger partial charge in [-0.3, -0.25) is 9.59 Å². The Bertz CT molecular complexity index is 1040. The van der Waals surface area contributed by atoms with Crippen LogP contribution in [-0.4, -0.2) is 36.3 Å². The molecule has 6 heteroatoms. The summed E-state index contributed by atoms with van der Waals surface area (Å²) in [6.45, 7) is 1.66. The van der Waals surface area contributed by atoms with Gasteiger partial charge >= 0.3 is 0 Å². The monoisotopic (exact) mass is 452 g/mol. The molecule has 3 fully saturated rings. The first kappa shape index (κ1) is 22.1. The highest BCUT2D eigenvalue weighted by Gasteiger charge is 2.50. The summed E-state index contributed by atoms with van der Waals surface area (Å²) >= 11 is 0. The van der Waals surface area contributed by atoms with Crippen LogP contribution < -0.4 is 5.32 Å². The van der Waals surface area contributed by atoms with E-state index in [0.29, 0.717) is 38.9 Å². The maximum atomic E-state index is 14.0. The van der Waals surface area contributed by atoms with Crippen LogP contribution in [0.25, 0.3) is 0 Å². The standard InChI is InChI=1S/C27H30F2N2O2/c28-21-8-6-20(7-9-21)27(10-1-2-11-27)25(33)31-14-12-26(13-15-31)17-24(32)30-18-23(26)19-4-3-5-22(29)16-19/h3-9,16,23H,1-2,10-15,17-18H2,(H,30,32)/t23-/m0/s1. The van der Waals surface area contributed by atoms with E-state index in [0.717, 1.165) is 36.8 Å². The zero-order chi connectivity index (χ0) is 23.1. The van der Waals surface area contributed by atoms with Crippen molar-refractivity contribution in [3.8, 4) is 0 Å². The first-order chi connectivity index (χ1) is 15.9. The second kappa shape index (κ2) is 8.54. The average molecular weight is 453 g/mol. The van der Waals surface area contributed by atoms with Crippen molar-refractivity contribution in [2.24, 2.45) is 5.41 Å². The fourth-order valence-corrected chi connectivity index (χ4v) is 6.49. The van der Waals surface area contributed by atoms with E-state index >= 15 is 0 Å². The largest absolute Gasteiger partial charge is 0.355 e. The molecule has 4 nitrogen and oxygen atoms in total. The number of nitrogens with one attached hydrogen (secondary N) is 1. The fraction of sp³-hybridized carbons (Fsp3) is 0.481. The van der Waals surface area contributed by atoms with Gasteiger partial charge in [0.15, 0.2) is 0 Å². The third-order valence-corrected chi connectivity index (χ3v) is 8.32. The third kappa shape index (κ3) is 3.94. The lowest BCUT2D eigenvalue weighted by Gasteiger charge is -2.50. The van der Waals surface area contributed by atoms with Gasteiger partial charge in [-0.15, -0.1) is 0 Å². The molecule has 33 heavy (non-hydrogen) atoms. The molecular weight excluding hydrogens is 422 g/mol. The van der Waals surface area contributed by atoms with E-state index < -0.39 is 5.41 Å². The molecule has 3 aliphatic rings. The van der Waals surface area contributed by atoms with Crippen LogP contribution in [0.3, 0.4) is 0 Å². The lowest BCUT2D eigenvalue weighted by molar-refractivity contribution is -0.141. The van der Waals surface area contributed by atoms with Gasteiger partial charge in [-0.25, -0.2) is 8.78 Å². The molecule has 0 radical (unpaired) electrons. The van der Waals surface area contributed by atoms with E-state index in [4.69, 9.17) is 0 Å². The molecule has 5 rings (SSSR count). The molecule has 1 saturated carbocycles. The quantitative estimate of drug-likeness (QED) is 0.735. The van der Waals surface area contributed by atoms with Gasteiger partial charge in [0, 0.05) is 32.0 Å². The Morgan fingerprint density at radius 1 is 0.939 bits per heavy atom. The van der Waals surface area contributed by atoms with Crippen LogP contribution >= 0.6 is 0 Å². The molecule has 1 N–H and O–H groups in total. The summed E-state index contributed by atoms with van der Waals surface area (Å²) in [6, 6.07) is 13.1. The van der Waals surface area contributed by atoms with Gasteiger partial charge in [-0.1, -0.05) is 37.1 Å². The van der Waals surface area contributed by atoms with E-state index in [1.807, 2.05) is 11.0 Å².